The lowest BCUT2D eigenvalue weighted by Gasteiger charge is -2.13. The van der Waals surface area contributed by atoms with E-state index in [2.05, 4.69) is 28.3 Å². The van der Waals surface area contributed by atoms with Crippen LogP contribution < -0.4 is 4.90 Å². The summed E-state index contributed by atoms with van der Waals surface area (Å²) >= 11 is 1.02. The Kier molecular flexibility index (Phi) is 7.21. The molecule has 0 aliphatic carbocycles. The molecule has 2 rings (SSSR count). The molecule has 0 radical (unpaired) electrons. The van der Waals surface area contributed by atoms with Crippen molar-refractivity contribution in [3.63, 3.8) is 0 Å². The van der Waals surface area contributed by atoms with Crippen molar-refractivity contribution in [2.45, 2.75) is 25.5 Å². The number of aromatic nitrogens is 2. The second kappa shape index (κ2) is 9.19. The molecule has 1 heterocycles. The maximum atomic E-state index is 12.9. The Labute approximate surface area is 158 Å². The highest BCUT2D eigenvalue weighted by molar-refractivity contribution is 7.89. The molecule has 0 aliphatic rings. The summed E-state index contributed by atoms with van der Waals surface area (Å²) in [6.07, 6.45) is 1.56. The van der Waals surface area contributed by atoms with Gasteiger partial charge in [-0.3, -0.25) is 0 Å². The minimum atomic E-state index is -4.87. The molecule has 0 bridgehead atoms. The van der Waals surface area contributed by atoms with Gasteiger partial charge in [0, 0.05) is 37.7 Å². The molecule has 1 unspecified atom stereocenters. The van der Waals surface area contributed by atoms with Gasteiger partial charge in [0.05, 0.1) is 0 Å². The monoisotopic (exact) mass is 422 g/mol. The van der Waals surface area contributed by atoms with Gasteiger partial charge in [-0.15, -0.1) is 10.2 Å². The quantitative estimate of drug-likeness (QED) is 0.551. The second-order valence-electron chi connectivity index (χ2n) is 5.44. The molecule has 1 aromatic carbocycles. The van der Waals surface area contributed by atoms with Gasteiger partial charge in [-0.1, -0.05) is 11.3 Å². The van der Waals surface area contributed by atoms with Crippen LogP contribution in [0.5, 0.6) is 0 Å². The predicted octanol–water partition coefficient (Wildman–Crippen LogP) is 5.11. The first-order valence-electron chi connectivity index (χ1n) is 7.69. The van der Waals surface area contributed by atoms with Gasteiger partial charge in [0.15, 0.2) is 0 Å². The summed E-state index contributed by atoms with van der Waals surface area (Å²) < 4.78 is 60.3. The second-order valence-corrected chi connectivity index (χ2v) is 7.87. The van der Waals surface area contributed by atoms with Crippen LogP contribution in [0.2, 0.25) is 0 Å². The van der Waals surface area contributed by atoms with E-state index in [1.807, 2.05) is 6.92 Å². The van der Waals surface area contributed by atoms with Crippen LogP contribution in [0.4, 0.5) is 35.5 Å². The molecule has 0 amide bonds. The highest BCUT2D eigenvalue weighted by atomic mass is 32.2. The van der Waals surface area contributed by atoms with Crippen LogP contribution in [-0.4, -0.2) is 33.4 Å². The predicted molar refractivity (Wildman–Crippen MR) is 97.3 cm³/mol. The Bertz CT molecular complexity index is 925. The smallest absolute Gasteiger partial charge is 0.345 e. The number of hydrogen-bond acceptors (Lipinski definition) is 9. The minimum absolute atomic E-state index is 0.00161. The molecule has 0 N–H and O–H groups in total. The summed E-state index contributed by atoms with van der Waals surface area (Å²) in [5.41, 5.74) is 0.285. The van der Waals surface area contributed by atoms with E-state index in [1.165, 1.54) is 12.1 Å². The van der Waals surface area contributed by atoms with Crippen molar-refractivity contribution in [3.8, 4) is 0 Å². The van der Waals surface area contributed by atoms with Crippen molar-refractivity contribution in [2.24, 2.45) is 14.6 Å². The summed E-state index contributed by atoms with van der Waals surface area (Å²) in [7, 11) is -1.47. The first-order chi connectivity index (χ1) is 12.8. The maximum absolute atomic E-state index is 12.9. The van der Waals surface area contributed by atoms with Crippen LogP contribution in [0.1, 0.15) is 19.2 Å². The van der Waals surface area contributed by atoms with Crippen molar-refractivity contribution in [3.05, 3.63) is 24.0 Å². The summed E-state index contributed by atoms with van der Waals surface area (Å²) in [5.74, 6) is -3.02. The van der Waals surface area contributed by atoms with Gasteiger partial charge in [0.25, 0.3) is 10.0 Å². The van der Waals surface area contributed by atoms with Gasteiger partial charge in [0.2, 0.25) is 5.13 Å². The lowest BCUT2D eigenvalue weighted by molar-refractivity contribution is -0.000950. The molecule has 0 spiro atoms. The van der Waals surface area contributed by atoms with Crippen LogP contribution >= 0.6 is 11.5 Å². The van der Waals surface area contributed by atoms with E-state index in [0.717, 1.165) is 18.0 Å². The fourth-order valence-electron chi connectivity index (χ4n) is 1.87. The van der Waals surface area contributed by atoms with Crippen LogP contribution in [0.3, 0.4) is 0 Å². The standard InChI is InChI=1S/C14H17F3N6O2S2/c1-4-5-12-18-14(26-21-12)20-19-10-7-6-9(23(2)3)8-11(10)22-27(24,25-17)13(15)16/h6-8,13H,4-5H2,1-3H3. The number of anilines is 1. The molecule has 27 heavy (non-hydrogen) atoms. The Morgan fingerprint density at radius 2 is 2.04 bits per heavy atom. The van der Waals surface area contributed by atoms with E-state index in [0.29, 0.717) is 17.9 Å². The lowest BCUT2D eigenvalue weighted by Crippen LogP contribution is -2.11. The third-order valence-corrected chi connectivity index (χ3v) is 4.91. The minimum Gasteiger partial charge on any atom is -0.378 e. The number of nitrogens with zero attached hydrogens (tertiary/aromatic N) is 6. The Morgan fingerprint density at radius 1 is 1.30 bits per heavy atom. The number of azo groups is 1. The summed E-state index contributed by atoms with van der Waals surface area (Å²) in [6, 6.07) is 4.36. The maximum Gasteiger partial charge on any atom is 0.345 e. The van der Waals surface area contributed by atoms with Gasteiger partial charge in [-0.2, -0.15) is 17.5 Å². The van der Waals surface area contributed by atoms with Crippen LogP contribution in [0.15, 0.2) is 32.8 Å². The van der Waals surface area contributed by atoms with Crippen molar-refractivity contribution in [1.82, 2.24) is 9.36 Å². The molecular weight excluding hydrogens is 405 g/mol. The zero-order valence-electron chi connectivity index (χ0n) is 14.7. The molecule has 2 aromatic rings. The van der Waals surface area contributed by atoms with E-state index >= 15 is 0 Å². The van der Waals surface area contributed by atoms with E-state index in [4.69, 9.17) is 0 Å². The Balaban J connectivity index is 2.47. The van der Waals surface area contributed by atoms with Crippen molar-refractivity contribution in [2.75, 3.05) is 19.0 Å². The number of hydrogen-bond donors (Lipinski definition) is 0. The molecule has 0 saturated carbocycles. The average molecular weight is 422 g/mol. The third kappa shape index (κ3) is 5.43. The molecule has 1 aromatic heterocycles. The van der Waals surface area contributed by atoms with Crippen molar-refractivity contribution in [1.29, 1.82) is 0 Å². The SMILES string of the molecule is CCCc1nsc(N=Nc2ccc(N(C)C)cc2N=S(=O)(OF)C(F)F)n1. The molecule has 0 saturated heterocycles. The molecular formula is C14H17F3N6O2S2. The number of halogens is 3. The number of alkyl halides is 2. The molecule has 1 atom stereocenters. The zero-order valence-corrected chi connectivity index (χ0v) is 16.3. The summed E-state index contributed by atoms with van der Waals surface area (Å²) in [4.78, 5) is 5.81. The molecule has 148 valence electrons. The highest BCUT2D eigenvalue weighted by Gasteiger charge is 2.25. The normalized spacial score (nSPS) is 13.9. The van der Waals surface area contributed by atoms with Gasteiger partial charge in [-0.25, -0.2) is 9.19 Å². The van der Waals surface area contributed by atoms with E-state index < -0.39 is 15.8 Å². The van der Waals surface area contributed by atoms with E-state index in [9.17, 15) is 17.5 Å². The van der Waals surface area contributed by atoms with Crippen LogP contribution in [-0.2, 0) is 20.8 Å². The van der Waals surface area contributed by atoms with E-state index in [-0.39, 0.29) is 16.5 Å². The molecule has 13 heteroatoms. The molecule has 0 fully saturated rings. The van der Waals surface area contributed by atoms with Crippen LogP contribution in [0.25, 0.3) is 0 Å². The first-order valence-corrected chi connectivity index (χ1v) is 9.96. The zero-order chi connectivity index (χ0) is 20.0. The van der Waals surface area contributed by atoms with Gasteiger partial charge in [-0.05, 0) is 29.1 Å². The lowest BCUT2D eigenvalue weighted by atomic mass is 10.2. The third-order valence-electron chi connectivity index (χ3n) is 3.19. The molecule has 0 aliphatic heterocycles. The van der Waals surface area contributed by atoms with Gasteiger partial charge >= 0.3 is 5.76 Å². The largest absolute Gasteiger partial charge is 0.378 e. The summed E-state index contributed by atoms with van der Waals surface area (Å²) in [5, 5.41) is 8.06. The Hall–Kier alpha value is -2.12. The fraction of sp³-hybridized carbons (Fsp3) is 0.429. The van der Waals surface area contributed by atoms with Gasteiger partial charge < -0.3 is 4.90 Å². The number of rotatable bonds is 8. The van der Waals surface area contributed by atoms with Crippen LogP contribution in [0, 0.1) is 0 Å². The van der Waals surface area contributed by atoms with Crippen molar-refractivity contribution >= 4 is 43.7 Å². The highest BCUT2D eigenvalue weighted by Crippen LogP contribution is 2.35. The number of aryl methyl sites for hydroxylation is 1. The topological polar surface area (TPSA) is 92.4 Å². The van der Waals surface area contributed by atoms with Gasteiger partial charge in [0.1, 0.15) is 17.2 Å². The summed E-state index contributed by atoms with van der Waals surface area (Å²) in [6.45, 7) is 1.98. The van der Waals surface area contributed by atoms with E-state index in [1.54, 1.807) is 25.1 Å². The number of benzene rings is 1. The van der Waals surface area contributed by atoms with Crippen molar-refractivity contribution < 1.29 is 21.9 Å². The fourth-order valence-corrected chi connectivity index (χ4v) is 3.00. The first kappa shape index (κ1) is 21.2. The Morgan fingerprint density at radius 3 is 2.63 bits per heavy atom. The molecule has 8 nitrogen and oxygen atoms in total. The average Bonchev–Trinajstić information content (AvgIpc) is 3.08.